The predicted molar refractivity (Wildman–Crippen MR) is 148 cm³/mol. The maximum atomic E-state index is 13.1. The van der Waals surface area contributed by atoms with E-state index >= 15 is 0 Å². The molecule has 1 fully saturated rings. The summed E-state index contributed by atoms with van der Waals surface area (Å²) in [6.07, 6.45) is 1.58. The van der Waals surface area contributed by atoms with Crippen molar-refractivity contribution >= 4 is 11.7 Å². The Morgan fingerprint density at radius 2 is 1.42 bits per heavy atom. The lowest BCUT2D eigenvalue weighted by atomic mass is 10.0. The van der Waals surface area contributed by atoms with Crippen LogP contribution in [0.5, 0.6) is 0 Å². The second-order valence-electron chi connectivity index (χ2n) is 9.42. The van der Waals surface area contributed by atoms with Crippen LogP contribution in [0.25, 0.3) is 5.69 Å². The minimum absolute atomic E-state index is 0.158. The van der Waals surface area contributed by atoms with Gasteiger partial charge < -0.3 is 9.64 Å². The van der Waals surface area contributed by atoms with Crippen LogP contribution in [0.4, 0.5) is 5.69 Å². The molecule has 2 atom stereocenters. The van der Waals surface area contributed by atoms with E-state index in [1.54, 1.807) is 10.9 Å². The Kier molecular flexibility index (Phi) is 7.70. The van der Waals surface area contributed by atoms with Gasteiger partial charge in [-0.25, -0.2) is 18.8 Å². The van der Waals surface area contributed by atoms with Gasteiger partial charge >= 0.3 is 11.7 Å². The number of carbonyl (C=O) groups is 1. The van der Waals surface area contributed by atoms with E-state index in [4.69, 9.17) is 4.74 Å². The molecule has 1 saturated heterocycles. The van der Waals surface area contributed by atoms with Crippen molar-refractivity contribution in [2.45, 2.75) is 25.9 Å². The second kappa shape index (κ2) is 11.5. The summed E-state index contributed by atoms with van der Waals surface area (Å²) in [6, 6.07) is 27.1. The van der Waals surface area contributed by atoms with Gasteiger partial charge in [0.1, 0.15) is 12.4 Å². The summed E-state index contributed by atoms with van der Waals surface area (Å²) in [4.78, 5) is 30.4. The summed E-state index contributed by atoms with van der Waals surface area (Å²) in [6.45, 7) is 7.23. The molecule has 0 aliphatic carbocycles. The molecule has 0 saturated carbocycles. The molecular formula is C30H33N5O3. The van der Waals surface area contributed by atoms with E-state index in [1.165, 1.54) is 4.68 Å². The molecule has 1 aromatic heterocycles. The van der Waals surface area contributed by atoms with Crippen molar-refractivity contribution in [1.82, 2.24) is 19.2 Å². The molecule has 196 valence electrons. The van der Waals surface area contributed by atoms with Gasteiger partial charge in [0.25, 0.3) is 0 Å². The second-order valence-corrected chi connectivity index (χ2v) is 9.42. The molecule has 38 heavy (non-hydrogen) atoms. The van der Waals surface area contributed by atoms with Crippen molar-refractivity contribution in [2.75, 3.05) is 37.7 Å². The van der Waals surface area contributed by atoms with Crippen LogP contribution in [-0.2, 0) is 9.53 Å². The number of rotatable bonds is 8. The quantitative estimate of drug-likeness (QED) is 0.332. The summed E-state index contributed by atoms with van der Waals surface area (Å²) < 4.78 is 8.48. The highest BCUT2D eigenvalue weighted by molar-refractivity contribution is 5.77. The molecule has 5 rings (SSSR count). The van der Waals surface area contributed by atoms with Crippen molar-refractivity contribution < 1.29 is 9.53 Å². The van der Waals surface area contributed by atoms with Crippen molar-refractivity contribution in [2.24, 2.45) is 0 Å². The van der Waals surface area contributed by atoms with E-state index in [0.29, 0.717) is 6.61 Å². The Bertz CT molecular complexity index is 1390. The molecule has 1 aliphatic rings. The Hall–Kier alpha value is -4.17. The van der Waals surface area contributed by atoms with Crippen molar-refractivity contribution in [3.63, 3.8) is 0 Å². The average molecular weight is 512 g/mol. The molecule has 3 aromatic carbocycles. The lowest BCUT2D eigenvalue weighted by Gasteiger charge is -2.39. The SMILES string of the molecule is CCOC(=O)[C@@H](c1ccccc1)N1CCN(c2ccc(-n3cnn([C@H](C)c4ccccc4)c3=O)cc2)CC1. The van der Waals surface area contributed by atoms with Gasteiger partial charge in [-0.15, -0.1) is 0 Å². The predicted octanol–water partition coefficient (Wildman–Crippen LogP) is 4.07. The highest BCUT2D eigenvalue weighted by Crippen LogP contribution is 2.26. The van der Waals surface area contributed by atoms with E-state index in [0.717, 1.165) is 48.7 Å². The minimum Gasteiger partial charge on any atom is -0.465 e. The van der Waals surface area contributed by atoms with Gasteiger partial charge in [-0.05, 0) is 49.2 Å². The number of aromatic nitrogens is 3. The maximum absolute atomic E-state index is 13.1. The van der Waals surface area contributed by atoms with E-state index in [-0.39, 0.29) is 17.7 Å². The van der Waals surface area contributed by atoms with Gasteiger partial charge in [0.2, 0.25) is 0 Å². The molecule has 0 bridgehead atoms. The first-order valence-electron chi connectivity index (χ1n) is 13.1. The number of hydrogen-bond donors (Lipinski definition) is 0. The number of ether oxygens (including phenoxy) is 1. The fourth-order valence-corrected chi connectivity index (χ4v) is 5.05. The Balaban J connectivity index is 1.27. The zero-order valence-electron chi connectivity index (χ0n) is 21.8. The van der Waals surface area contributed by atoms with Crippen LogP contribution in [0.15, 0.2) is 96.1 Å². The van der Waals surface area contributed by atoms with E-state index < -0.39 is 6.04 Å². The first kappa shape index (κ1) is 25.5. The lowest BCUT2D eigenvalue weighted by Crippen LogP contribution is -2.49. The minimum atomic E-state index is -0.401. The third kappa shape index (κ3) is 5.26. The van der Waals surface area contributed by atoms with E-state index in [1.807, 2.05) is 98.8 Å². The summed E-state index contributed by atoms with van der Waals surface area (Å²) in [5.41, 5.74) is 3.67. The fraction of sp³-hybridized carbons (Fsp3) is 0.300. The lowest BCUT2D eigenvalue weighted by molar-refractivity contribution is -0.150. The largest absolute Gasteiger partial charge is 0.465 e. The van der Waals surface area contributed by atoms with Crippen molar-refractivity contribution in [1.29, 1.82) is 0 Å². The summed E-state index contributed by atoms with van der Waals surface area (Å²) in [5, 5.41) is 4.37. The summed E-state index contributed by atoms with van der Waals surface area (Å²) in [5.74, 6) is -0.205. The van der Waals surface area contributed by atoms with Crippen molar-refractivity contribution in [3.05, 3.63) is 113 Å². The maximum Gasteiger partial charge on any atom is 0.350 e. The first-order valence-corrected chi connectivity index (χ1v) is 13.1. The fourth-order valence-electron chi connectivity index (χ4n) is 5.05. The molecule has 0 unspecified atom stereocenters. The highest BCUT2D eigenvalue weighted by Gasteiger charge is 2.31. The molecule has 8 heteroatoms. The standard InChI is InChI=1S/C30H33N5O3/c1-3-38-29(36)28(25-12-8-5-9-13-25)33-20-18-32(19-21-33)26-14-16-27(17-15-26)34-22-31-35(30(34)37)23(2)24-10-6-4-7-11-24/h4-17,22-23,28H,3,18-21H2,1-2H3/t23-,28-/m1/s1. The molecule has 4 aromatic rings. The third-order valence-electron chi connectivity index (χ3n) is 7.14. The van der Waals surface area contributed by atoms with Gasteiger partial charge in [0, 0.05) is 31.9 Å². The number of piperazine rings is 1. The highest BCUT2D eigenvalue weighted by atomic mass is 16.5. The smallest absolute Gasteiger partial charge is 0.350 e. The molecule has 0 amide bonds. The number of anilines is 1. The average Bonchev–Trinajstić information content (AvgIpc) is 3.35. The van der Waals surface area contributed by atoms with Crippen molar-refractivity contribution in [3.8, 4) is 5.69 Å². The van der Waals surface area contributed by atoms with Gasteiger partial charge in [0.05, 0.1) is 18.3 Å². The van der Waals surface area contributed by atoms with Crippen LogP contribution >= 0.6 is 0 Å². The van der Waals surface area contributed by atoms with Gasteiger partial charge in [0.15, 0.2) is 0 Å². The number of benzene rings is 3. The first-order chi connectivity index (χ1) is 18.6. The number of hydrogen-bond acceptors (Lipinski definition) is 6. The van der Waals surface area contributed by atoms with Gasteiger partial charge in [-0.1, -0.05) is 60.7 Å². The topological polar surface area (TPSA) is 72.6 Å². The Morgan fingerprint density at radius 3 is 2.03 bits per heavy atom. The zero-order valence-corrected chi connectivity index (χ0v) is 21.8. The van der Waals surface area contributed by atoms with Gasteiger partial charge in [-0.3, -0.25) is 4.90 Å². The number of carbonyl (C=O) groups excluding carboxylic acids is 1. The Labute approximate surface area is 222 Å². The summed E-state index contributed by atoms with van der Waals surface area (Å²) >= 11 is 0. The molecule has 1 aliphatic heterocycles. The number of esters is 1. The van der Waals surface area contributed by atoms with Crippen LogP contribution in [0, 0.1) is 0 Å². The van der Waals surface area contributed by atoms with Crippen LogP contribution in [0.2, 0.25) is 0 Å². The molecular weight excluding hydrogens is 478 g/mol. The monoisotopic (exact) mass is 511 g/mol. The molecule has 2 heterocycles. The van der Waals surface area contributed by atoms with Crippen LogP contribution in [0.1, 0.15) is 37.1 Å². The van der Waals surface area contributed by atoms with Crippen LogP contribution in [0.3, 0.4) is 0 Å². The van der Waals surface area contributed by atoms with Crippen LogP contribution < -0.4 is 10.6 Å². The van der Waals surface area contributed by atoms with E-state index in [9.17, 15) is 9.59 Å². The van der Waals surface area contributed by atoms with Crippen LogP contribution in [-0.4, -0.2) is 58.0 Å². The molecule has 0 radical (unpaired) electrons. The van der Waals surface area contributed by atoms with E-state index in [2.05, 4.69) is 14.9 Å². The molecule has 0 spiro atoms. The Morgan fingerprint density at radius 1 is 0.842 bits per heavy atom. The zero-order chi connectivity index (χ0) is 26.5. The number of nitrogens with zero attached hydrogens (tertiary/aromatic N) is 5. The van der Waals surface area contributed by atoms with Gasteiger partial charge in [-0.2, -0.15) is 5.10 Å². The normalized spacial score (nSPS) is 15.7. The molecule has 0 N–H and O–H groups in total. The molecule has 8 nitrogen and oxygen atoms in total. The summed E-state index contributed by atoms with van der Waals surface area (Å²) in [7, 11) is 0. The third-order valence-corrected chi connectivity index (χ3v) is 7.14.